The van der Waals surface area contributed by atoms with Gasteiger partial charge in [-0.3, -0.25) is 0 Å². The van der Waals surface area contributed by atoms with Gasteiger partial charge in [-0.25, -0.2) is 4.98 Å². The van der Waals surface area contributed by atoms with Crippen molar-refractivity contribution in [1.82, 2.24) is 4.98 Å². The smallest absolute Gasteiger partial charge is 0.152 e. The number of halogens is 1. The molecule has 0 saturated carbocycles. The summed E-state index contributed by atoms with van der Waals surface area (Å²) in [4.78, 5) is 4.07. The lowest BCUT2D eigenvalue weighted by atomic mass is 10.1. The zero-order valence-electron chi connectivity index (χ0n) is 9.78. The van der Waals surface area contributed by atoms with Crippen molar-refractivity contribution >= 4 is 15.9 Å². The quantitative estimate of drug-likeness (QED) is 0.570. The average molecular weight is 288 g/mol. The van der Waals surface area contributed by atoms with Gasteiger partial charge in [0.15, 0.2) is 5.75 Å². The monoisotopic (exact) mass is 287 g/mol. The Bertz CT molecular complexity index is 305. The van der Waals surface area contributed by atoms with Crippen LogP contribution in [0.3, 0.4) is 0 Å². The highest BCUT2D eigenvalue weighted by atomic mass is 79.9. The molecule has 0 saturated heterocycles. The SMILES string of the molecule is CC(C)CCOCCOc1cccnc1Br. The molecule has 1 heterocycles. The van der Waals surface area contributed by atoms with Crippen LogP contribution in [0, 0.1) is 5.92 Å². The molecular weight excluding hydrogens is 270 g/mol. The summed E-state index contributed by atoms with van der Waals surface area (Å²) < 4.78 is 11.7. The molecule has 0 amide bonds. The Hall–Kier alpha value is -0.610. The van der Waals surface area contributed by atoms with Crippen LogP contribution in [0.4, 0.5) is 0 Å². The molecule has 1 aromatic heterocycles. The molecule has 1 rings (SSSR count). The predicted octanol–water partition coefficient (Wildman–Crippen LogP) is 3.29. The van der Waals surface area contributed by atoms with Gasteiger partial charge in [-0.1, -0.05) is 13.8 Å². The molecule has 0 aliphatic rings. The van der Waals surface area contributed by atoms with Crippen LogP contribution in [0.2, 0.25) is 0 Å². The molecule has 0 bridgehead atoms. The van der Waals surface area contributed by atoms with E-state index in [-0.39, 0.29) is 0 Å². The van der Waals surface area contributed by atoms with E-state index < -0.39 is 0 Å². The molecule has 1 aromatic rings. The lowest BCUT2D eigenvalue weighted by molar-refractivity contribution is 0.0922. The van der Waals surface area contributed by atoms with Crippen LogP contribution in [-0.2, 0) is 4.74 Å². The van der Waals surface area contributed by atoms with Gasteiger partial charge < -0.3 is 9.47 Å². The number of ether oxygens (including phenoxy) is 2. The average Bonchev–Trinajstić information content (AvgIpc) is 2.25. The van der Waals surface area contributed by atoms with Gasteiger partial charge in [0.2, 0.25) is 0 Å². The topological polar surface area (TPSA) is 31.4 Å². The molecule has 0 radical (unpaired) electrons. The summed E-state index contributed by atoms with van der Waals surface area (Å²) in [6, 6.07) is 3.73. The summed E-state index contributed by atoms with van der Waals surface area (Å²) in [5, 5.41) is 0. The van der Waals surface area contributed by atoms with E-state index in [0.29, 0.717) is 19.1 Å². The van der Waals surface area contributed by atoms with E-state index in [0.717, 1.165) is 23.4 Å². The molecule has 0 unspecified atom stereocenters. The van der Waals surface area contributed by atoms with Crippen LogP contribution in [0.5, 0.6) is 5.75 Å². The first-order valence-electron chi connectivity index (χ1n) is 5.51. The second kappa shape index (κ2) is 7.63. The third-order valence-corrected chi connectivity index (χ3v) is 2.65. The highest BCUT2D eigenvalue weighted by molar-refractivity contribution is 9.10. The number of pyridine rings is 1. The maximum Gasteiger partial charge on any atom is 0.152 e. The first-order valence-corrected chi connectivity index (χ1v) is 6.30. The molecule has 0 atom stereocenters. The molecule has 4 heteroatoms. The molecule has 0 N–H and O–H groups in total. The standard InChI is InChI=1S/C12H18BrNO2/c1-10(2)5-7-15-8-9-16-11-4-3-6-14-12(11)13/h3-4,6,10H,5,7-9H2,1-2H3. The molecule has 0 aliphatic heterocycles. The fourth-order valence-corrected chi connectivity index (χ4v) is 1.48. The van der Waals surface area contributed by atoms with E-state index in [1.54, 1.807) is 6.20 Å². The highest BCUT2D eigenvalue weighted by Crippen LogP contribution is 2.20. The van der Waals surface area contributed by atoms with Crippen molar-refractivity contribution in [3.05, 3.63) is 22.9 Å². The summed E-state index contributed by atoms with van der Waals surface area (Å²) in [7, 11) is 0. The highest BCUT2D eigenvalue weighted by Gasteiger charge is 2.00. The Kier molecular flexibility index (Phi) is 6.42. The van der Waals surface area contributed by atoms with E-state index in [4.69, 9.17) is 9.47 Å². The molecule has 0 spiro atoms. The molecule has 16 heavy (non-hydrogen) atoms. The van der Waals surface area contributed by atoms with Crippen molar-refractivity contribution in [3.8, 4) is 5.75 Å². The van der Waals surface area contributed by atoms with Gasteiger partial charge in [0.25, 0.3) is 0 Å². The minimum Gasteiger partial charge on any atom is -0.488 e. The van der Waals surface area contributed by atoms with Crippen molar-refractivity contribution in [1.29, 1.82) is 0 Å². The minimum atomic E-state index is 0.558. The number of nitrogens with zero attached hydrogens (tertiary/aromatic N) is 1. The van der Waals surface area contributed by atoms with Crippen molar-refractivity contribution in [2.45, 2.75) is 20.3 Å². The second-order valence-electron chi connectivity index (χ2n) is 3.94. The largest absolute Gasteiger partial charge is 0.488 e. The lowest BCUT2D eigenvalue weighted by Gasteiger charge is -2.08. The normalized spacial score (nSPS) is 10.8. The van der Waals surface area contributed by atoms with E-state index in [1.165, 1.54) is 0 Å². The Morgan fingerprint density at radius 3 is 2.81 bits per heavy atom. The minimum absolute atomic E-state index is 0.558. The van der Waals surface area contributed by atoms with Gasteiger partial charge in [0.1, 0.15) is 11.2 Å². The second-order valence-corrected chi connectivity index (χ2v) is 4.69. The van der Waals surface area contributed by atoms with Gasteiger partial charge in [-0.2, -0.15) is 0 Å². The fraction of sp³-hybridized carbons (Fsp3) is 0.583. The van der Waals surface area contributed by atoms with E-state index >= 15 is 0 Å². The van der Waals surface area contributed by atoms with Crippen LogP contribution >= 0.6 is 15.9 Å². The van der Waals surface area contributed by atoms with E-state index in [1.807, 2.05) is 12.1 Å². The van der Waals surface area contributed by atoms with E-state index in [9.17, 15) is 0 Å². The molecule has 0 aliphatic carbocycles. The third kappa shape index (κ3) is 5.47. The third-order valence-electron chi connectivity index (χ3n) is 2.05. The van der Waals surface area contributed by atoms with Crippen molar-refractivity contribution in [3.63, 3.8) is 0 Å². The van der Waals surface area contributed by atoms with Gasteiger partial charge >= 0.3 is 0 Å². The molecule has 3 nitrogen and oxygen atoms in total. The van der Waals surface area contributed by atoms with Crippen LogP contribution in [0.25, 0.3) is 0 Å². The number of rotatable bonds is 7. The van der Waals surface area contributed by atoms with Crippen LogP contribution < -0.4 is 4.74 Å². The Morgan fingerprint density at radius 2 is 2.12 bits per heavy atom. The summed E-state index contributed by atoms with van der Waals surface area (Å²) in [5.74, 6) is 1.45. The number of aromatic nitrogens is 1. The van der Waals surface area contributed by atoms with Crippen LogP contribution in [0.1, 0.15) is 20.3 Å². The van der Waals surface area contributed by atoms with Gasteiger partial charge in [0.05, 0.1) is 6.61 Å². The molecule has 0 fully saturated rings. The van der Waals surface area contributed by atoms with E-state index in [2.05, 4.69) is 34.8 Å². The fourth-order valence-electron chi connectivity index (χ4n) is 1.11. The maximum atomic E-state index is 5.51. The molecular formula is C12H18BrNO2. The maximum absolute atomic E-state index is 5.51. The van der Waals surface area contributed by atoms with Crippen LogP contribution in [-0.4, -0.2) is 24.8 Å². The Labute approximate surface area is 105 Å². The molecule has 0 aromatic carbocycles. The zero-order valence-corrected chi connectivity index (χ0v) is 11.4. The Morgan fingerprint density at radius 1 is 1.31 bits per heavy atom. The van der Waals surface area contributed by atoms with Gasteiger partial charge in [0, 0.05) is 12.8 Å². The summed E-state index contributed by atoms with van der Waals surface area (Å²) >= 11 is 3.32. The zero-order chi connectivity index (χ0) is 11.8. The lowest BCUT2D eigenvalue weighted by Crippen LogP contribution is -2.09. The summed E-state index contributed by atoms with van der Waals surface area (Å²) in [6.45, 7) is 6.35. The first-order chi connectivity index (χ1) is 7.70. The predicted molar refractivity (Wildman–Crippen MR) is 67.7 cm³/mol. The summed E-state index contributed by atoms with van der Waals surface area (Å²) in [5.41, 5.74) is 0. The van der Waals surface area contributed by atoms with Crippen molar-refractivity contribution in [2.24, 2.45) is 5.92 Å². The van der Waals surface area contributed by atoms with Crippen molar-refractivity contribution < 1.29 is 9.47 Å². The number of hydrogen-bond donors (Lipinski definition) is 0. The van der Waals surface area contributed by atoms with Gasteiger partial charge in [-0.15, -0.1) is 0 Å². The van der Waals surface area contributed by atoms with Crippen molar-refractivity contribution in [2.75, 3.05) is 19.8 Å². The Balaban J connectivity index is 2.10. The molecule has 90 valence electrons. The van der Waals surface area contributed by atoms with Gasteiger partial charge in [-0.05, 0) is 40.4 Å². The number of hydrogen-bond acceptors (Lipinski definition) is 3. The first kappa shape index (κ1) is 13.5. The summed E-state index contributed by atoms with van der Waals surface area (Å²) in [6.07, 6.45) is 2.81. The van der Waals surface area contributed by atoms with Crippen LogP contribution in [0.15, 0.2) is 22.9 Å².